The van der Waals surface area contributed by atoms with Crippen LogP contribution in [-0.4, -0.2) is 104 Å². The topological polar surface area (TPSA) is 85.3 Å². The van der Waals surface area contributed by atoms with Gasteiger partial charge in [0.1, 0.15) is 17.1 Å². The van der Waals surface area contributed by atoms with Crippen molar-refractivity contribution in [2.45, 2.75) is 87.6 Å². The fourth-order valence-corrected chi connectivity index (χ4v) is 8.15. The molecule has 1 saturated carbocycles. The molecule has 1 aliphatic carbocycles. The van der Waals surface area contributed by atoms with Crippen molar-refractivity contribution >= 4 is 0 Å². The molecule has 6 rings (SSSR count). The number of likely N-dealkylation sites (N-methyl/N-ethyl adjacent to an activating group) is 1. The number of nitriles is 1. The van der Waals surface area contributed by atoms with Gasteiger partial charge in [0, 0.05) is 62.2 Å². The Bertz CT molecular complexity index is 1110. The molecule has 1 aromatic rings. The number of ether oxygens (including phenoxy) is 3. The van der Waals surface area contributed by atoms with Crippen molar-refractivity contribution in [2.75, 3.05) is 53.5 Å². The zero-order valence-corrected chi connectivity index (χ0v) is 24.9. The second kappa shape index (κ2) is 12.6. The number of nitrogens with one attached hydrogen (secondary N) is 2. The molecule has 0 amide bonds. The minimum absolute atomic E-state index is 0.169. The van der Waals surface area contributed by atoms with E-state index in [1.54, 1.807) is 7.11 Å². The van der Waals surface area contributed by atoms with E-state index in [1.807, 2.05) is 18.2 Å². The van der Waals surface area contributed by atoms with Crippen LogP contribution in [0.3, 0.4) is 0 Å². The molecule has 9 nitrogen and oxygen atoms in total. The highest BCUT2D eigenvalue weighted by Crippen LogP contribution is 2.47. The number of likely N-dealkylation sites (tertiary alicyclic amines) is 1. The van der Waals surface area contributed by atoms with E-state index >= 15 is 0 Å². The molecule has 1 aromatic carbocycles. The van der Waals surface area contributed by atoms with Crippen molar-refractivity contribution in [1.82, 2.24) is 25.3 Å². The summed E-state index contributed by atoms with van der Waals surface area (Å²) in [5, 5.41) is 17.4. The molecule has 0 aromatic heterocycles. The molecular weight excluding hydrogens is 516 g/mol. The van der Waals surface area contributed by atoms with Crippen LogP contribution in [0.4, 0.5) is 0 Å². The summed E-state index contributed by atoms with van der Waals surface area (Å²) in [4.78, 5) is 7.43. The first-order valence-electron chi connectivity index (χ1n) is 15.7. The Labute approximate surface area is 245 Å². The maximum atomic E-state index is 9.58. The lowest BCUT2D eigenvalue weighted by Gasteiger charge is -2.56. The number of methoxy groups -OCH3 is 1. The molecule has 7 atom stereocenters. The van der Waals surface area contributed by atoms with E-state index in [2.05, 4.69) is 51.1 Å². The summed E-state index contributed by atoms with van der Waals surface area (Å²) in [6, 6.07) is 9.59. The zero-order valence-electron chi connectivity index (χ0n) is 24.9. The molecule has 0 radical (unpaired) electrons. The van der Waals surface area contributed by atoms with E-state index in [4.69, 9.17) is 14.2 Å². The van der Waals surface area contributed by atoms with Crippen molar-refractivity contribution in [1.29, 1.82) is 5.26 Å². The van der Waals surface area contributed by atoms with Crippen LogP contribution >= 0.6 is 0 Å². The van der Waals surface area contributed by atoms with Crippen molar-refractivity contribution < 1.29 is 14.2 Å². The van der Waals surface area contributed by atoms with Crippen molar-refractivity contribution in [2.24, 2.45) is 5.92 Å². The Morgan fingerprint density at radius 2 is 2.10 bits per heavy atom. The first-order chi connectivity index (χ1) is 20.0. The largest absolute Gasteiger partial charge is 0.496 e. The highest BCUT2D eigenvalue weighted by Gasteiger charge is 2.51. The molecule has 41 heavy (non-hydrogen) atoms. The fourth-order valence-electron chi connectivity index (χ4n) is 8.15. The predicted octanol–water partition coefficient (Wildman–Crippen LogP) is 2.93. The first kappa shape index (κ1) is 28.9. The fraction of sp³-hybridized carbons (Fsp3) is 0.719. The lowest BCUT2D eigenvalue weighted by atomic mass is 9.70. The molecule has 4 heterocycles. The van der Waals surface area contributed by atoms with Gasteiger partial charge in [0.25, 0.3) is 0 Å². The third-order valence-corrected chi connectivity index (χ3v) is 10.4. The van der Waals surface area contributed by atoms with Gasteiger partial charge in [0.05, 0.1) is 32.4 Å². The molecule has 1 spiro atoms. The highest BCUT2D eigenvalue weighted by atomic mass is 16.5. The van der Waals surface area contributed by atoms with Crippen LogP contribution in [0.1, 0.15) is 50.5 Å². The molecule has 9 heteroatoms. The monoisotopic (exact) mass is 564 g/mol. The summed E-state index contributed by atoms with van der Waals surface area (Å²) in [7, 11) is 3.95. The highest BCUT2D eigenvalue weighted by molar-refractivity contribution is 5.46. The Hall–Kier alpha value is -2.19. The van der Waals surface area contributed by atoms with Gasteiger partial charge in [-0.05, 0) is 64.3 Å². The smallest absolute Gasteiger partial charge is 0.164 e. The van der Waals surface area contributed by atoms with E-state index in [9.17, 15) is 5.26 Å². The molecule has 4 aliphatic heterocycles. The summed E-state index contributed by atoms with van der Waals surface area (Å²) in [6.07, 6.45) is 10.0. The lowest BCUT2D eigenvalue weighted by Crippen LogP contribution is -2.73. The van der Waals surface area contributed by atoms with Gasteiger partial charge in [-0.25, -0.2) is 0 Å². The number of piperazine rings is 1. The Morgan fingerprint density at radius 1 is 1.20 bits per heavy atom. The van der Waals surface area contributed by atoms with Crippen LogP contribution in [-0.2, 0) is 11.2 Å². The van der Waals surface area contributed by atoms with Gasteiger partial charge in [0.2, 0.25) is 0 Å². The average molecular weight is 565 g/mol. The van der Waals surface area contributed by atoms with Crippen LogP contribution in [0.2, 0.25) is 0 Å². The molecule has 6 unspecified atom stereocenters. The molecule has 0 bridgehead atoms. The number of nitrogens with zero attached hydrogens (tertiary/aromatic N) is 4. The van der Waals surface area contributed by atoms with Crippen molar-refractivity contribution in [3.63, 3.8) is 0 Å². The van der Waals surface area contributed by atoms with E-state index in [-0.39, 0.29) is 30.2 Å². The number of hydrogen-bond acceptors (Lipinski definition) is 9. The normalized spacial score (nSPS) is 36.2. The van der Waals surface area contributed by atoms with Crippen LogP contribution < -0.4 is 20.1 Å². The zero-order chi connectivity index (χ0) is 28.4. The van der Waals surface area contributed by atoms with Crippen LogP contribution in [0.5, 0.6) is 11.5 Å². The Balaban J connectivity index is 1.20. The Kier molecular flexibility index (Phi) is 8.87. The predicted molar refractivity (Wildman–Crippen MR) is 159 cm³/mol. The van der Waals surface area contributed by atoms with Gasteiger partial charge in [-0.2, -0.15) is 5.26 Å². The molecule has 2 N–H and O–H groups in total. The molecule has 4 fully saturated rings. The quantitative estimate of drug-likeness (QED) is 0.463. The van der Waals surface area contributed by atoms with Gasteiger partial charge in [-0.1, -0.05) is 12.1 Å². The van der Waals surface area contributed by atoms with Gasteiger partial charge < -0.3 is 19.1 Å². The molecular formula is C32H48N6O3. The van der Waals surface area contributed by atoms with Crippen molar-refractivity contribution in [3.8, 4) is 17.6 Å². The van der Waals surface area contributed by atoms with Crippen molar-refractivity contribution in [3.05, 3.63) is 36.4 Å². The van der Waals surface area contributed by atoms with Gasteiger partial charge in [-0.15, -0.1) is 6.58 Å². The molecule has 224 valence electrons. The summed E-state index contributed by atoms with van der Waals surface area (Å²) < 4.78 is 19.1. The number of rotatable bonds is 8. The van der Waals surface area contributed by atoms with E-state index in [0.717, 1.165) is 82.9 Å². The maximum absolute atomic E-state index is 9.58. The number of hydrogen-bond donors (Lipinski definition) is 2. The van der Waals surface area contributed by atoms with Crippen LogP contribution in [0.15, 0.2) is 30.9 Å². The van der Waals surface area contributed by atoms with Gasteiger partial charge in [0.15, 0.2) is 6.35 Å². The summed E-state index contributed by atoms with van der Waals surface area (Å²) in [5.74, 6) is 2.35. The number of benzene rings is 1. The standard InChI is InChI=1S/C32H48N6O3/c1-4-16-37-18-19-38(21-23(37)12-15-33)30-25-10-13-32(14-11-26-28(39-3)8-5-9-29(26)41-32)20-27(25)34-31(35-30)40-22-24-7-6-17-36(24)2/h4-5,8-9,23-25,27,30-31,34-35H,1,6-7,10-14,16-22H2,2-3H3/t23?,24?,25?,27?,30?,31?,32-/m1/s1. The third-order valence-electron chi connectivity index (χ3n) is 10.4. The summed E-state index contributed by atoms with van der Waals surface area (Å²) in [5.41, 5.74) is 1.03. The van der Waals surface area contributed by atoms with E-state index < -0.39 is 0 Å². The SMILES string of the molecule is C=CCN1CCN(C2NC(OCC3CCCN3C)NC3C[C@]4(CCc5c(OC)cccc5O4)CCC32)CC1CC#N. The lowest BCUT2D eigenvalue weighted by molar-refractivity contribution is -0.126. The molecule has 5 aliphatic rings. The number of fused-ring (bicyclic) bond motifs is 2. The minimum Gasteiger partial charge on any atom is -0.496 e. The second-order valence-electron chi connectivity index (χ2n) is 12.8. The maximum Gasteiger partial charge on any atom is 0.164 e. The Morgan fingerprint density at radius 3 is 2.88 bits per heavy atom. The third kappa shape index (κ3) is 6.01. The van der Waals surface area contributed by atoms with Crippen LogP contribution in [0, 0.1) is 17.2 Å². The summed E-state index contributed by atoms with van der Waals surface area (Å²) in [6.45, 7) is 9.46. The minimum atomic E-state index is -0.206. The van der Waals surface area contributed by atoms with Gasteiger partial charge in [-0.3, -0.25) is 20.4 Å². The average Bonchev–Trinajstić information content (AvgIpc) is 3.40. The second-order valence-corrected chi connectivity index (χ2v) is 12.8. The summed E-state index contributed by atoms with van der Waals surface area (Å²) >= 11 is 0. The first-order valence-corrected chi connectivity index (χ1v) is 15.7. The van der Waals surface area contributed by atoms with Crippen LogP contribution in [0.25, 0.3) is 0 Å². The van der Waals surface area contributed by atoms with Gasteiger partial charge >= 0.3 is 0 Å². The van der Waals surface area contributed by atoms with E-state index in [1.165, 1.54) is 18.4 Å². The van der Waals surface area contributed by atoms with E-state index in [0.29, 0.717) is 18.4 Å². The molecule has 3 saturated heterocycles.